The third-order valence-corrected chi connectivity index (χ3v) is 4.98. The van der Waals surface area contributed by atoms with Gasteiger partial charge >= 0.3 is 0 Å². The van der Waals surface area contributed by atoms with Crippen molar-refractivity contribution in [2.45, 2.75) is 48.0 Å². The first kappa shape index (κ1) is 22.8. The number of aromatic amines is 2. The maximum absolute atomic E-state index is 5.54. The molecule has 0 bridgehead atoms. The second-order valence-electron chi connectivity index (χ2n) is 7.00. The van der Waals surface area contributed by atoms with Crippen LogP contribution in [-0.2, 0) is 0 Å². The molecule has 2 heterocycles. The molecule has 29 heavy (non-hydrogen) atoms. The molecule has 0 spiro atoms. The van der Waals surface area contributed by atoms with Gasteiger partial charge in [0.1, 0.15) is 11.4 Å². The molecular weight excluding hydrogens is 360 g/mol. The molecule has 3 rings (SSSR count). The zero-order valence-corrected chi connectivity index (χ0v) is 18.8. The second kappa shape index (κ2) is 11.5. The molecule has 0 saturated heterocycles. The fraction of sp³-hybridized carbons (Fsp3) is 0.458. The molecule has 1 aromatic carbocycles. The van der Waals surface area contributed by atoms with Crippen LogP contribution in [0.2, 0.25) is 0 Å². The number of nitrogens with zero attached hydrogens (tertiary/aromatic N) is 2. The van der Waals surface area contributed by atoms with E-state index in [0.717, 1.165) is 39.3 Å². The van der Waals surface area contributed by atoms with Crippen LogP contribution in [0.3, 0.4) is 0 Å². The van der Waals surface area contributed by atoms with E-state index in [1.807, 2.05) is 38.1 Å². The number of hydrogen-bond acceptors (Lipinski definition) is 3. The summed E-state index contributed by atoms with van der Waals surface area (Å²) in [6.07, 6.45) is 5.31. The van der Waals surface area contributed by atoms with E-state index in [0.29, 0.717) is 6.61 Å². The molecular formula is C24H36N4O. The van der Waals surface area contributed by atoms with Gasteiger partial charge in [0.05, 0.1) is 18.0 Å². The SMILES string of the molecule is C/C=C\c1[nH]nc(-c2cc3ccc(OCC)cc3[nH]2)c1C.CCCN(CC)CC. The monoisotopic (exact) mass is 396 g/mol. The third-order valence-electron chi connectivity index (χ3n) is 4.98. The molecule has 5 nitrogen and oxygen atoms in total. The number of nitrogens with one attached hydrogen (secondary N) is 2. The smallest absolute Gasteiger partial charge is 0.121 e. The summed E-state index contributed by atoms with van der Waals surface area (Å²) < 4.78 is 5.54. The first-order chi connectivity index (χ1) is 14.1. The summed E-state index contributed by atoms with van der Waals surface area (Å²) in [5, 5.41) is 8.64. The molecule has 158 valence electrons. The highest BCUT2D eigenvalue weighted by molar-refractivity contribution is 5.87. The Kier molecular flexibility index (Phi) is 9.00. The molecule has 0 aliphatic carbocycles. The highest BCUT2D eigenvalue weighted by Gasteiger charge is 2.12. The van der Waals surface area contributed by atoms with Crippen LogP contribution in [0, 0.1) is 6.92 Å². The Bertz CT molecular complexity index is 903. The maximum Gasteiger partial charge on any atom is 0.121 e. The second-order valence-corrected chi connectivity index (χ2v) is 7.00. The number of hydrogen-bond donors (Lipinski definition) is 2. The number of allylic oxidation sites excluding steroid dienone is 1. The Hall–Kier alpha value is -2.53. The summed E-state index contributed by atoms with van der Waals surface area (Å²) in [7, 11) is 0. The van der Waals surface area contributed by atoms with Gasteiger partial charge in [0.15, 0.2) is 0 Å². The van der Waals surface area contributed by atoms with Crippen molar-refractivity contribution in [2.24, 2.45) is 0 Å². The minimum Gasteiger partial charge on any atom is -0.494 e. The summed E-state index contributed by atoms with van der Waals surface area (Å²) >= 11 is 0. The Morgan fingerprint density at radius 1 is 1.10 bits per heavy atom. The van der Waals surface area contributed by atoms with Gasteiger partial charge in [-0.15, -0.1) is 0 Å². The Labute approximate surface area is 175 Å². The summed E-state index contributed by atoms with van der Waals surface area (Å²) in [5.74, 6) is 0.881. The van der Waals surface area contributed by atoms with E-state index >= 15 is 0 Å². The van der Waals surface area contributed by atoms with Crippen molar-refractivity contribution in [2.75, 3.05) is 26.2 Å². The van der Waals surface area contributed by atoms with Crippen LogP contribution in [-0.4, -0.2) is 46.3 Å². The Morgan fingerprint density at radius 3 is 2.45 bits per heavy atom. The standard InChI is InChI=1S/C17H19N3O.C7H17N/c1-4-6-14-11(3)17(20-19-14)16-9-12-7-8-13(21-5-2)10-15(12)18-16;1-4-7-8(5-2)6-3/h4,6-10,18H,5H2,1-3H3,(H,19,20);4-7H2,1-3H3/b6-4-;. The molecule has 0 aliphatic heterocycles. The molecule has 0 radical (unpaired) electrons. The molecule has 0 aliphatic rings. The van der Waals surface area contributed by atoms with Crippen LogP contribution in [0.15, 0.2) is 30.3 Å². The van der Waals surface area contributed by atoms with Crippen molar-refractivity contribution in [1.29, 1.82) is 0 Å². The minimum atomic E-state index is 0.671. The van der Waals surface area contributed by atoms with Crippen molar-refractivity contribution in [3.63, 3.8) is 0 Å². The van der Waals surface area contributed by atoms with E-state index in [4.69, 9.17) is 4.74 Å². The zero-order chi connectivity index (χ0) is 21.2. The first-order valence-corrected chi connectivity index (χ1v) is 10.7. The van der Waals surface area contributed by atoms with E-state index in [1.165, 1.54) is 26.1 Å². The fourth-order valence-corrected chi connectivity index (χ4v) is 3.35. The molecule has 0 saturated carbocycles. The van der Waals surface area contributed by atoms with Crippen molar-refractivity contribution in [3.05, 3.63) is 41.6 Å². The first-order valence-electron chi connectivity index (χ1n) is 10.7. The van der Waals surface area contributed by atoms with E-state index < -0.39 is 0 Å². The average Bonchev–Trinajstić information content (AvgIpc) is 3.30. The number of rotatable bonds is 8. The molecule has 5 heteroatoms. The topological polar surface area (TPSA) is 56.9 Å². The summed E-state index contributed by atoms with van der Waals surface area (Å²) in [4.78, 5) is 5.85. The highest BCUT2D eigenvalue weighted by Crippen LogP contribution is 2.28. The molecule has 2 aromatic heterocycles. The molecule has 0 fully saturated rings. The maximum atomic E-state index is 5.54. The predicted molar refractivity (Wildman–Crippen MR) is 125 cm³/mol. The van der Waals surface area contributed by atoms with Gasteiger partial charge in [0, 0.05) is 22.5 Å². The fourth-order valence-electron chi connectivity index (χ4n) is 3.35. The van der Waals surface area contributed by atoms with E-state index in [-0.39, 0.29) is 0 Å². The lowest BCUT2D eigenvalue weighted by Gasteiger charge is -2.15. The summed E-state index contributed by atoms with van der Waals surface area (Å²) in [5.41, 5.74) is 5.22. The van der Waals surface area contributed by atoms with Gasteiger partial charge in [-0.25, -0.2) is 0 Å². The van der Waals surface area contributed by atoms with Crippen molar-refractivity contribution < 1.29 is 4.74 Å². The van der Waals surface area contributed by atoms with Crippen molar-refractivity contribution in [3.8, 4) is 17.1 Å². The van der Waals surface area contributed by atoms with E-state index in [9.17, 15) is 0 Å². The minimum absolute atomic E-state index is 0.671. The van der Waals surface area contributed by atoms with Gasteiger partial charge in [0.2, 0.25) is 0 Å². The molecule has 0 amide bonds. The largest absolute Gasteiger partial charge is 0.494 e. The Balaban J connectivity index is 0.000000321. The van der Waals surface area contributed by atoms with Gasteiger partial charge in [-0.3, -0.25) is 5.10 Å². The van der Waals surface area contributed by atoms with Crippen LogP contribution < -0.4 is 4.74 Å². The lowest BCUT2D eigenvalue weighted by atomic mass is 10.1. The molecule has 0 unspecified atom stereocenters. The van der Waals surface area contributed by atoms with Gasteiger partial charge < -0.3 is 14.6 Å². The number of aromatic nitrogens is 3. The third kappa shape index (κ3) is 5.97. The Morgan fingerprint density at radius 2 is 1.86 bits per heavy atom. The molecule has 3 aromatic rings. The zero-order valence-electron chi connectivity index (χ0n) is 18.8. The van der Waals surface area contributed by atoms with Gasteiger partial charge in [0.25, 0.3) is 0 Å². The van der Waals surface area contributed by atoms with Crippen LogP contribution in [0.4, 0.5) is 0 Å². The van der Waals surface area contributed by atoms with Crippen molar-refractivity contribution >= 4 is 17.0 Å². The average molecular weight is 397 g/mol. The number of ether oxygens (including phenoxy) is 1. The lowest BCUT2D eigenvalue weighted by Crippen LogP contribution is -2.23. The summed E-state index contributed by atoms with van der Waals surface area (Å²) in [6, 6.07) is 8.20. The van der Waals surface area contributed by atoms with E-state index in [2.05, 4.69) is 59.9 Å². The normalized spacial score (nSPS) is 11.3. The quantitative estimate of drug-likeness (QED) is 0.488. The van der Waals surface area contributed by atoms with Gasteiger partial charge in [-0.05, 0) is 71.1 Å². The van der Waals surface area contributed by atoms with Crippen LogP contribution in [0.25, 0.3) is 28.4 Å². The van der Waals surface area contributed by atoms with E-state index in [1.54, 1.807) is 0 Å². The predicted octanol–water partition coefficient (Wildman–Crippen LogP) is 6.04. The number of H-pyrrole nitrogens is 2. The van der Waals surface area contributed by atoms with Gasteiger partial charge in [-0.1, -0.05) is 26.8 Å². The summed E-state index contributed by atoms with van der Waals surface area (Å²) in [6.45, 7) is 17.0. The number of benzene rings is 1. The van der Waals surface area contributed by atoms with Crippen LogP contribution >= 0.6 is 0 Å². The van der Waals surface area contributed by atoms with Crippen LogP contribution in [0.5, 0.6) is 5.75 Å². The van der Waals surface area contributed by atoms with Crippen molar-refractivity contribution in [1.82, 2.24) is 20.1 Å². The highest BCUT2D eigenvalue weighted by atomic mass is 16.5. The molecule has 0 atom stereocenters. The number of fused-ring (bicyclic) bond motifs is 1. The van der Waals surface area contributed by atoms with Gasteiger partial charge in [-0.2, -0.15) is 5.10 Å². The lowest BCUT2D eigenvalue weighted by molar-refractivity contribution is 0.304. The van der Waals surface area contributed by atoms with Crippen LogP contribution in [0.1, 0.15) is 52.3 Å². The molecule has 2 N–H and O–H groups in total.